The second kappa shape index (κ2) is 15.6. The number of fused-ring (bicyclic) bond motifs is 1. The molecule has 2 aromatic rings. The monoisotopic (exact) mass is 505 g/mol. The molecule has 2 heterocycles. The number of hydrogen-bond donors (Lipinski definition) is 0. The highest BCUT2D eigenvalue weighted by atomic mass is 32.1. The van der Waals surface area contributed by atoms with Gasteiger partial charge in [0.1, 0.15) is 0 Å². The van der Waals surface area contributed by atoms with E-state index in [1.807, 2.05) is 17.4 Å². The SMILES string of the molecule is CCCCC(CC)CN(CC(CC)CCCC)c1cc2scc(/C=C/C(=O)OCC(C)C)c2s1. The van der Waals surface area contributed by atoms with Gasteiger partial charge in [0.25, 0.3) is 0 Å². The third kappa shape index (κ3) is 9.37. The Kier molecular flexibility index (Phi) is 13.3. The maximum atomic E-state index is 12.1. The highest BCUT2D eigenvalue weighted by Crippen LogP contribution is 2.40. The molecule has 0 amide bonds. The van der Waals surface area contributed by atoms with Crippen molar-refractivity contribution in [2.75, 3.05) is 24.6 Å². The molecule has 2 unspecified atom stereocenters. The second-order valence-corrected chi connectivity index (χ2v) is 12.0. The van der Waals surface area contributed by atoms with E-state index in [0.29, 0.717) is 12.5 Å². The Labute approximate surface area is 216 Å². The van der Waals surface area contributed by atoms with Crippen molar-refractivity contribution in [3.63, 3.8) is 0 Å². The van der Waals surface area contributed by atoms with E-state index in [1.165, 1.54) is 65.8 Å². The molecule has 0 aliphatic rings. The number of nitrogens with zero attached hydrogens (tertiary/aromatic N) is 1. The van der Waals surface area contributed by atoms with Crippen LogP contribution in [0.15, 0.2) is 17.5 Å². The average molecular weight is 506 g/mol. The van der Waals surface area contributed by atoms with Crippen molar-refractivity contribution in [1.29, 1.82) is 0 Å². The molecule has 5 heteroatoms. The minimum absolute atomic E-state index is 0.255. The first-order chi connectivity index (χ1) is 16.4. The van der Waals surface area contributed by atoms with Crippen molar-refractivity contribution < 1.29 is 9.53 Å². The summed E-state index contributed by atoms with van der Waals surface area (Å²) < 4.78 is 7.92. The maximum Gasteiger partial charge on any atom is 0.330 e. The molecule has 0 saturated heterocycles. The van der Waals surface area contributed by atoms with Gasteiger partial charge in [-0.05, 0) is 42.7 Å². The molecule has 0 saturated carbocycles. The second-order valence-electron chi connectivity index (χ2n) is 10.1. The molecule has 2 atom stereocenters. The number of ether oxygens (including phenoxy) is 1. The van der Waals surface area contributed by atoms with E-state index < -0.39 is 0 Å². The molecule has 34 heavy (non-hydrogen) atoms. The largest absolute Gasteiger partial charge is 0.462 e. The standard InChI is InChI=1S/C29H47NO2S2/c1-7-11-13-23(9-3)18-30(19-24(10-4)14-12-8-2)27-17-26-29(34-27)25(21-33-26)15-16-28(31)32-20-22(5)6/h15-17,21-24H,7-14,18-20H2,1-6H3/b16-15+. The van der Waals surface area contributed by atoms with Gasteiger partial charge < -0.3 is 9.64 Å². The predicted molar refractivity (Wildman–Crippen MR) is 153 cm³/mol. The van der Waals surface area contributed by atoms with E-state index in [0.717, 1.165) is 30.5 Å². The number of anilines is 1. The summed E-state index contributed by atoms with van der Waals surface area (Å²) in [5.74, 6) is 1.59. The topological polar surface area (TPSA) is 29.5 Å². The van der Waals surface area contributed by atoms with Crippen LogP contribution in [0.25, 0.3) is 15.5 Å². The van der Waals surface area contributed by atoms with Crippen LogP contribution in [0, 0.1) is 17.8 Å². The fourth-order valence-corrected chi connectivity index (χ4v) is 6.61. The molecule has 0 spiro atoms. The highest BCUT2D eigenvalue weighted by Gasteiger charge is 2.20. The van der Waals surface area contributed by atoms with Crippen LogP contribution in [-0.4, -0.2) is 25.7 Å². The lowest BCUT2D eigenvalue weighted by Gasteiger charge is -2.31. The van der Waals surface area contributed by atoms with Gasteiger partial charge in [0.15, 0.2) is 0 Å². The first kappa shape index (κ1) is 28.9. The zero-order valence-electron chi connectivity index (χ0n) is 22.4. The van der Waals surface area contributed by atoms with E-state index in [2.05, 4.69) is 57.9 Å². The third-order valence-corrected chi connectivity index (χ3v) is 8.90. The number of rotatable bonds is 17. The van der Waals surface area contributed by atoms with Crippen LogP contribution in [0.4, 0.5) is 5.00 Å². The molecule has 0 fully saturated rings. The number of thiophene rings is 2. The maximum absolute atomic E-state index is 12.1. The molecule has 0 aliphatic heterocycles. The first-order valence-corrected chi connectivity index (χ1v) is 15.2. The fourth-order valence-electron chi connectivity index (χ4n) is 4.27. The van der Waals surface area contributed by atoms with Crippen molar-refractivity contribution in [3.05, 3.63) is 23.1 Å². The summed E-state index contributed by atoms with van der Waals surface area (Å²) in [6.07, 6.45) is 13.8. The average Bonchev–Trinajstić information content (AvgIpc) is 3.41. The van der Waals surface area contributed by atoms with Crippen LogP contribution in [-0.2, 0) is 9.53 Å². The minimum atomic E-state index is -0.255. The van der Waals surface area contributed by atoms with Gasteiger partial charge in [-0.15, -0.1) is 22.7 Å². The Morgan fingerprint density at radius 3 is 2.18 bits per heavy atom. The van der Waals surface area contributed by atoms with Crippen LogP contribution >= 0.6 is 22.7 Å². The Morgan fingerprint density at radius 1 is 1.03 bits per heavy atom. The summed E-state index contributed by atoms with van der Waals surface area (Å²) in [6.45, 7) is 16.2. The number of hydrogen-bond acceptors (Lipinski definition) is 5. The van der Waals surface area contributed by atoms with Crippen molar-refractivity contribution in [3.8, 4) is 0 Å². The summed E-state index contributed by atoms with van der Waals surface area (Å²) in [5, 5.41) is 3.55. The van der Waals surface area contributed by atoms with Crippen molar-refractivity contribution >= 4 is 49.1 Å². The Bertz CT molecular complexity index is 849. The van der Waals surface area contributed by atoms with Gasteiger partial charge in [-0.1, -0.05) is 80.1 Å². The quantitative estimate of drug-likeness (QED) is 0.158. The smallest absolute Gasteiger partial charge is 0.330 e. The van der Waals surface area contributed by atoms with Crippen LogP contribution in [0.3, 0.4) is 0 Å². The summed E-state index contributed by atoms with van der Waals surface area (Å²) in [5.41, 5.74) is 1.13. The van der Waals surface area contributed by atoms with Crippen molar-refractivity contribution in [2.24, 2.45) is 17.8 Å². The van der Waals surface area contributed by atoms with Gasteiger partial charge >= 0.3 is 5.97 Å². The molecule has 0 aromatic carbocycles. The molecule has 0 aliphatic carbocycles. The lowest BCUT2D eigenvalue weighted by atomic mass is 9.96. The molecular formula is C29H47NO2S2. The third-order valence-electron chi connectivity index (χ3n) is 6.57. The molecule has 2 aromatic heterocycles. The zero-order valence-corrected chi connectivity index (χ0v) is 24.0. The van der Waals surface area contributed by atoms with Gasteiger partial charge in [0.2, 0.25) is 0 Å². The van der Waals surface area contributed by atoms with Gasteiger partial charge in [-0.3, -0.25) is 0 Å². The Balaban J connectivity index is 2.23. The minimum Gasteiger partial charge on any atom is -0.462 e. The number of esters is 1. The molecule has 0 radical (unpaired) electrons. The Morgan fingerprint density at radius 2 is 1.65 bits per heavy atom. The first-order valence-electron chi connectivity index (χ1n) is 13.5. The summed E-state index contributed by atoms with van der Waals surface area (Å²) in [7, 11) is 0. The van der Waals surface area contributed by atoms with Crippen LogP contribution in [0.5, 0.6) is 0 Å². The van der Waals surface area contributed by atoms with Crippen molar-refractivity contribution in [2.45, 2.75) is 92.9 Å². The highest BCUT2D eigenvalue weighted by molar-refractivity contribution is 7.29. The molecule has 192 valence electrons. The van der Waals surface area contributed by atoms with E-state index in [9.17, 15) is 4.79 Å². The number of unbranched alkanes of at least 4 members (excludes halogenated alkanes) is 2. The predicted octanol–water partition coefficient (Wildman–Crippen LogP) is 9.41. The van der Waals surface area contributed by atoms with E-state index in [4.69, 9.17) is 4.74 Å². The number of carbonyl (C=O) groups is 1. The zero-order chi connectivity index (χ0) is 24.9. The van der Waals surface area contributed by atoms with Crippen LogP contribution in [0.2, 0.25) is 0 Å². The fraction of sp³-hybridized carbons (Fsp3) is 0.690. The van der Waals surface area contributed by atoms with Gasteiger partial charge in [0.05, 0.1) is 16.3 Å². The van der Waals surface area contributed by atoms with E-state index in [-0.39, 0.29) is 5.97 Å². The van der Waals surface area contributed by atoms with Crippen LogP contribution < -0.4 is 4.90 Å². The molecule has 2 rings (SSSR count). The van der Waals surface area contributed by atoms with Gasteiger partial charge in [-0.25, -0.2) is 4.79 Å². The van der Waals surface area contributed by atoms with Gasteiger partial charge in [0, 0.05) is 34.8 Å². The summed E-state index contributed by atoms with van der Waals surface area (Å²) in [6, 6.07) is 2.39. The summed E-state index contributed by atoms with van der Waals surface area (Å²) in [4.78, 5) is 14.8. The molecule has 0 bridgehead atoms. The molecule has 3 nitrogen and oxygen atoms in total. The van der Waals surface area contributed by atoms with E-state index in [1.54, 1.807) is 17.4 Å². The normalized spacial score (nSPS) is 13.7. The lowest BCUT2D eigenvalue weighted by molar-refractivity contribution is -0.138. The molecular weight excluding hydrogens is 458 g/mol. The van der Waals surface area contributed by atoms with E-state index >= 15 is 0 Å². The van der Waals surface area contributed by atoms with Crippen molar-refractivity contribution in [1.82, 2.24) is 0 Å². The molecule has 0 N–H and O–H groups in total. The Hall–Kier alpha value is -1.33. The lowest BCUT2D eigenvalue weighted by Crippen LogP contribution is -2.33. The van der Waals surface area contributed by atoms with Crippen LogP contribution in [0.1, 0.15) is 98.5 Å². The number of carbonyl (C=O) groups excluding carboxylic acids is 1. The summed E-state index contributed by atoms with van der Waals surface area (Å²) >= 11 is 3.67. The van der Waals surface area contributed by atoms with Gasteiger partial charge in [-0.2, -0.15) is 0 Å².